The minimum atomic E-state index is 1.14. The third-order valence-corrected chi connectivity index (χ3v) is 5.22. The average Bonchev–Trinajstić information content (AvgIpc) is 2.77. The molecule has 0 aromatic heterocycles. The Bertz CT molecular complexity index is 1000. The summed E-state index contributed by atoms with van der Waals surface area (Å²) in [6.45, 7) is 4.24. The molecule has 0 amide bonds. The summed E-state index contributed by atoms with van der Waals surface area (Å²) in [5.74, 6) is 0. The smallest absolute Gasteiger partial charge is 0.0463 e. The topological polar surface area (TPSA) is 6.48 Å². The molecule has 0 heterocycles. The predicted octanol–water partition coefficient (Wildman–Crippen LogP) is 7.54. The van der Waals surface area contributed by atoms with Crippen molar-refractivity contribution < 1.29 is 0 Å². The maximum Gasteiger partial charge on any atom is 0.0463 e. The maximum atomic E-state index is 2.30. The number of anilines is 5. The van der Waals surface area contributed by atoms with Gasteiger partial charge in [0.1, 0.15) is 0 Å². The van der Waals surface area contributed by atoms with Crippen molar-refractivity contribution in [2.45, 2.75) is 13.8 Å². The number of benzene rings is 4. The lowest BCUT2D eigenvalue weighted by Crippen LogP contribution is -2.11. The normalized spacial score (nSPS) is 10.6. The third-order valence-electron chi connectivity index (χ3n) is 5.22. The molecule has 0 aliphatic rings. The van der Waals surface area contributed by atoms with Crippen LogP contribution in [0.25, 0.3) is 0 Å². The van der Waals surface area contributed by atoms with Gasteiger partial charge in [-0.1, -0.05) is 53.6 Å². The van der Waals surface area contributed by atoms with Crippen LogP contribution in [0.3, 0.4) is 0 Å². The molecule has 2 nitrogen and oxygen atoms in total. The Morgan fingerprint density at radius 2 is 0.759 bits per heavy atom. The van der Waals surface area contributed by atoms with E-state index >= 15 is 0 Å². The molecule has 29 heavy (non-hydrogen) atoms. The van der Waals surface area contributed by atoms with Crippen LogP contribution >= 0.6 is 0 Å². The van der Waals surface area contributed by atoms with Gasteiger partial charge < -0.3 is 9.80 Å². The van der Waals surface area contributed by atoms with Crippen LogP contribution in [0.2, 0.25) is 0 Å². The minimum Gasteiger partial charge on any atom is -0.345 e. The van der Waals surface area contributed by atoms with Crippen LogP contribution in [0.5, 0.6) is 0 Å². The van der Waals surface area contributed by atoms with Crippen molar-refractivity contribution in [1.82, 2.24) is 0 Å². The summed E-state index contributed by atoms with van der Waals surface area (Å²) in [4.78, 5) is 4.50. The number of nitrogens with zero attached hydrogens (tertiary/aromatic N) is 2. The summed E-state index contributed by atoms with van der Waals surface area (Å²) in [5.41, 5.74) is 8.31. The highest BCUT2D eigenvalue weighted by molar-refractivity contribution is 5.78. The van der Waals surface area contributed by atoms with Crippen LogP contribution in [0.15, 0.2) is 103 Å². The molecule has 0 radical (unpaired) electrons. The molecule has 0 fully saturated rings. The van der Waals surface area contributed by atoms with Crippen LogP contribution < -0.4 is 9.80 Å². The Hall–Kier alpha value is -3.52. The van der Waals surface area contributed by atoms with Crippen molar-refractivity contribution in [2.75, 3.05) is 16.8 Å². The fourth-order valence-corrected chi connectivity index (χ4v) is 3.46. The number of hydrogen-bond acceptors (Lipinski definition) is 2. The Kier molecular flexibility index (Phi) is 5.35. The molecule has 0 spiro atoms. The third kappa shape index (κ3) is 4.17. The molecule has 0 bridgehead atoms. The molecule has 0 aliphatic carbocycles. The molecule has 4 aromatic carbocycles. The highest BCUT2D eigenvalue weighted by Crippen LogP contribution is 2.36. The lowest BCUT2D eigenvalue weighted by molar-refractivity contribution is 1.20. The van der Waals surface area contributed by atoms with E-state index in [1.165, 1.54) is 16.8 Å². The molecule has 144 valence electrons. The van der Waals surface area contributed by atoms with Crippen LogP contribution in [0.1, 0.15) is 11.1 Å². The molecule has 4 rings (SSSR count). The first kappa shape index (κ1) is 18.8. The van der Waals surface area contributed by atoms with Gasteiger partial charge in [0.15, 0.2) is 0 Å². The van der Waals surface area contributed by atoms with E-state index in [-0.39, 0.29) is 0 Å². The SMILES string of the molecule is Cc1ccc(N(c2ccc(C)cc2)c2ccc(N(C)c3ccccc3)cc2)cc1. The molecule has 0 saturated carbocycles. The Labute approximate surface area is 173 Å². The van der Waals surface area contributed by atoms with Crippen molar-refractivity contribution in [3.05, 3.63) is 114 Å². The van der Waals surface area contributed by atoms with Gasteiger partial charge in [0, 0.05) is 35.5 Å². The fourth-order valence-electron chi connectivity index (χ4n) is 3.46. The summed E-state index contributed by atoms with van der Waals surface area (Å²) in [6, 6.07) is 36.5. The molecule has 0 aliphatic heterocycles. The van der Waals surface area contributed by atoms with Gasteiger partial charge in [-0.3, -0.25) is 0 Å². The predicted molar refractivity (Wildman–Crippen MR) is 125 cm³/mol. The van der Waals surface area contributed by atoms with Crippen molar-refractivity contribution in [2.24, 2.45) is 0 Å². The zero-order chi connectivity index (χ0) is 20.2. The van der Waals surface area contributed by atoms with E-state index in [4.69, 9.17) is 0 Å². The van der Waals surface area contributed by atoms with Gasteiger partial charge in [-0.15, -0.1) is 0 Å². The number of hydrogen-bond donors (Lipinski definition) is 0. The lowest BCUT2D eigenvalue weighted by Gasteiger charge is -2.27. The first-order valence-corrected chi connectivity index (χ1v) is 9.94. The van der Waals surface area contributed by atoms with E-state index in [2.05, 4.69) is 128 Å². The van der Waals surface area contributed by atoms with Gasteiger partial charge >= 0.3 is 0 Å². The van der Waals surface area contributed by atoms with Crippen LogP contribution in [-0.4, -0.2) is 7.05 Å². The van der Waals surface area contributed by atoms with Crippen molar-refractivity contribution in [1.29, 1.82) is 0 Å². The highest BCUT2D eigenvalue weighted by atomic mass is 15.1. The fraction of sp³-hybridized carbons (Fsp3) is 0.111. The highest BCUT2D eigenvalue weighted by Gasteiger charge is 2.13. The molecule has 4 aromatic rings. The van der Waals surface area contributed by atoms with Crippen LogP contribution in [0.4, 0.5) is 28.4 Å². The second-order valence-electron chi connectivity index (χ2n) is 7.42. The Balaban J connectivity index is 1.71. The van der Waals surface area contributed by atoms with E-state index in [0.717, 1.165) is 22.7 Å². The summed E-state index contributed by atoms with van der Waals surface area (Å²) in [6.07, 6.45) is 0. The second kappa shape index (κ2) is 8.24. The van der Waals surface area contributed by atoms with Crippen molar-refractivity contribution in [3.8, 4) is 0 Å². The zero-order valence-electron chi connectivity index (χ0n) is 17.2. The Morgan fingerprint density at radius 1 is 0.414 bits per heavy atom. The summed E-state index contributed by atoms with van der Waals surface area (Å²) < 4.78 is 0. The molecular formula is C27H26N2. The van der Waals surface area contributed by atoms with Crippen LogP contribution in [-0.2, 0) is 0 Å². The molecule has 0 saturated heterocycles. The van der Waals surface area contributed by atoms with E-state index in [1.807, 2.05) is 6.07 Å². The molecule has 2 heteroatoms. The van der Waals surface area contributed by atoms with Gasteiger partial charge in [0.05, 0.1) is 0 Å². The first-order valence-electron chi connectivity index (χ1n) is 9.94. The molecule has 0 N–H and O–H groups in total. The zero-order valence-corrected chi connectivity index (χ0v) is 17.2. The van der Waals surface area contributed by atoms with E-state index in [1.54, 1.807) is 0 Å². The molecule has 0 atom stereocenters. The summed E-state index contributed by atoms with van der Waals surface area (Å²) in [5, 5.41) is 0. The first-order chi connectivity index (χ1) is 14.1. The summed E-state index contributed by atoms with van der Waals surface area (Å²) in [7, 11) is 2.10. The van der Waals surface area contributed by atoms with E-state index in [0.29, 0.717) is 0 Å². The van der Waals surface area contributed by atoms with Gasteiger partial charge in [0.25, 0.3) is 0 Å². The quantitative estimate of drug-likeness (QED) is 0.354. The van der Waals surface area contributed by atoms with Gasteiger partial charge in [-0.2, -0.15) is 0 Å². The van der Waals surface area contributed by atoms with Gasteiger partial charge in [0.2, 0.25) is 0 Å². The minimum absolute atomic E-state index is 1.14. The van der Waals surface area contributed by atoms with Gasteiger partial charge in [-0.05, 0) is 74.5 Å². The summed E-state index contributed by atoms with van der Waals surface area (Å²) >= 11 is 0. The van der Waals surface area contributed by atoms with Gasteiger partial charge in [-0.25, -0.2) is 0 Å². The van der Waals surface area contributed by atoms with Crippen molar-refractivity contribution >= 4 is 28.4 Å². The monoisotopic (exact) mass is 378 g/mol. The standard InChI is InChI=1S/C27H26N2/c1-21-9-13-25(14-10-21)29(26-15-11-22(2)12-16-26)27-19-17-24(18-20-27)28(3)23-7-5-4-6-8-23/h4-20H,1-3H3. The van der Waals surface area contributed by atoms with E-state index in [9.17, 15) is 0 Å². The number of para-hydroxylation sites is 1. The number of aryl methyl sites for hydroxylation is 2. The van der Waals surface area contributed by atoms with Crippen molar-refractivity contribution in [3.63, 3.8) is 0 Å². The molecular weight excluding hydrogens is 352 g/mol. The lowest BCUT2D eigenvalue weighted by atomic mass is 10.1. The second-order valence-corrected chi connectivity index (χ2v) is 7.42. The maximum absolute atomic E-state index is 2.30. The average molecular weight is 379 g/mol. The Morgan fingerprint density at radius 3 is 1.21 bits per heavy atom. The number of rotatable bonds is 5. The largest absolute Gasteiger partial charge is 0.345 e. The van der Waals surface area contributed by atoms with E-state index < -0.39 is 0 Å². The molecule has 0 unspecified atom stereocenters. The van der Waals surface area contributed by atoms with Crippen LogP contribution in [0, 0.1) is 13.8 Å².